The second-order valence-corrected chi connectivity index (χ2v) is 6.47. The fourth-order valence-electron chi connectivity index (χ4n) is 2.72. The quantitative estimate of drug-likeness (QED) is 0.537. The Labute approximate surface area is 132 Å². The molecular weight excluding hydrogens is 298 g/mol. The zero-order valence-electron chi connectivity index (χ0n) is 12.5. The van der Waals surface area contributed by atoms with Crippen molar-refractivity contribution in [3.63, 3.8) is 0 Å². The zero-order valence-corrected chi connectivity index (χ0v) is 13.3. The van der Waals surface area contributed by atoms with E-state index in [1.807, 2.05) is 24.0 Å². The Balaban J connectivity index is 1.99. The van der Waals surface area contributed by atoms with Crippen LogP contribution < -0.4 is 21.4 Å². The molecule has 1 amide bonds. The standard InChI is InChI=1S/C15H17N5OS/c1-8-13(18-15(22-8)19-14(16)17)11-3-4-12-10(7-11)5-6-20(12)9(2)21/h3-4,7H,5-6H2,1-2H3,(H4,16,17,18,19)/p+1. The SMILES string of the molecule is CC(=O)N1CCc2cc(-c3nc([NH+]=C(N)N)sc3C)ccc21. The van der Waals surface area contributed by atoms with Crippen molar-refractivity contribution in [2.45, 2.75) is 20.3 Å². The molecule has 0 spiro atoms. The van der Waals surface area contributed by atoms with E-state index in [9.17, 15) is 4.79 Å². The number of aryl methyl sites for hydroxylation is 1. The Hall–Kier alpha value is -2.41. The average Bonchev–Trinajstić information content (AvgIpc) is 3.00. The number of nitrogens with zero attached hydrogens (tertiary/aromatic N) is 2. The van der Waals surface area contributed by atoms with Crippen LogP contribution >= 0.6 is 11.3 Å². The van der Waals surface area contributed by atoms with E-state index in [2.05, 4.69) is 16.0 Å². The number of fused-ring (bicyclic) bond motifs is 1. The van der Waals surface area contributed by atoms with E-state index in [0.717, 1.165) is 34.8 Å². The first-order valence-electron chi connectivity index (χ1n) is 6.99. The monoisotopic (exact) mass is 316 g/mol. The number of aromatic nitrogens is 1. The molecule has 0 aliphatic carbocycles. The summed E-state index contributed by atoms with van der Waals surface area (Å²) in [5, 5.41) is 0.679. The zero-order chi connectivity index (χ0) is 15.9. The fraction of sp³-hybridized carbons (Fsp3) is 0.267. The number of nitrogens with two attached hydrogens (primary N) is 2. The predicted octanol–water partition coefficient (Wildman–Crippen LogP) is 0.0130. The van der Waals surface area contributed by atoms with Gasteiger partial charge in [0.05, 0.1) is 0 Å². The highest BCUT2D eigenvalue weighted by atomic mass is 32.1. The molecule has 3 rings (SSSR count). The lowest BCUT2D eigenvalue weighted by Gasteiger charge is -2.14. The Bertz CT molecular complexity index is 776. The van der Waals surface area contributed by atoms with Crippen molar-refractivity contribution in [3.8, 4) is 11.3 Å². The van der Waals surface area contributed by atoms with Gasteiger partial charge in [0.2, 0.25) is 5.91 Å². The number of guanidine groups is 1. The summed E-state index contributed by atoms with van der Waals surface area (Å²) in [5.74, 6) is 0.211. The van der Waals surface area contributed by atoms with E-state index >= 15 is 0 Å². The van der Waals surface area contributed by atoms with E-state index in [4.69, 9.17) is 11.5 Å². The first kappa shape index (κ1) is 14.5. The summed E-state index contributed by atoms with van der Waals surface area (Å²) in [7, 11) is 0. The molecule has 0 atom stereocenters. The van der Waals surface area contributed by atoms with E-state index in [0.29, 0.717) is 5.13 Å². The van der Waals surface area contributed by atoms with Gasteiger partial charge in [0.25, 0.3) is 5.13 Å². The van der Waals surface area contributed by atoms with Crippen molar-refractivity contribution in [3.05, 3.63) is 28.6 Å². The molecule has 1 aliphatic rings. The smallest absolute Gasteiger partial charge is 0.303 e. The minimum Gasteiger partial charge on any atom is -0.312 e. The molecule has 1 aromatic heterocycles. The van der Waals surface area contributed by atoms with Crippen LogP contribution in [0, 0.1) is 6.92 Å². The van der Waals surface area contributed by atoms with Crippen LogP contribution in [-0.4, -0.2) is 23.4 Å². The van der Waals surface area contributed by atoms with Crippen LogP contribution in [0.2, 0.25) is 0 Å². The van der Waals surface area contributed by atoms with Gasteiger partial charge in [0.15, 0.2) is 0 Å². The lowest BCUT2D eigenvalue weighted by Crippen LogP contribution is -2.72. The van der Waals surface area contributed by atoms with Gasteiger partial charge in [0, 0.05) is 29.6 Å². The second kappa shape index (κ2) is 5.42. The van der Waals surface area contributed by atoms with Gasteiger partial charge in [-0.25, -0.2) is 4.99 Å². The summed E-state index contributed by atoms with van der Waals surface area (Å²) in [4.78, 5) is 21.9. The van der Waals surface area contributed by atoms with Crippen molar-refractivity contribution in [2.24, 2.45) is 11.5 Å². The number of amides is 1. The van der Waals surface area contributed by atoms with Gasteiger partial charge in [-0.15, -0.1) is 4.98 Å². The molecule has 2 heterocycles. The van der Waals surface area contributed by atoms with Crippen molar-refractivity contribution >= 4 is 34.0 Å². The van der Waals surface area contributed by atoms with Crippen LogP contribution in [-0.2, 0) is 11.2 Å². The highest BCUT2D eigenvalue weighted by Gasteiger charge is 2.23. The van der Waals surface area contributed by atoms with E-state index < -0.39 is 0 Å². The maximum atomic E-state index is 11.6. The maximum Gasteiger partial charge on any atom is 0.303 e. The third kappa shape index (κ3) is 2.55. The van der Waals surface area contributed by atoms with E-state index in [-0.39, 0.29) is 11.9 Å². The molecular formula is C15H18N5OS+. The number of anilines is 1. The summed E-state index contributed by atoms with van der Waals surface area (Å²) >= 11 is 1.51. The minimum atomic E-state index is 0.0804. The number of nitrogens with one attached hydrogen (secondary N) is 1. The molecule has 0 bridgehead atoms. The molecule has 0 radical (unpaired) electrons. The first-order valence-corrected chi connectivity index (χ1v) is 7.81. The molecule has 0 saturated carbocycles. The molecule has 0 fully saturated rings. The largest absolute Gasteiger partial charge is 0.312 e. The number of rotatable bonds is 2. The summed E-state index contributed by atoms with van der Waals surface area (Å²) < 4.78 is 0. The Morgan fingerprint density at radius 2 is 2.18 bits per heavy atom. The van der Waals surface area contributed by atoms with Crippen LogP contribution in [0.3, 0.4) is 0 Å². The molecule has 5 N–H and O–H groups in total. The fourth-order valence-corrected chi connectivity index (χ4v) is 3.57. The van der Waals surface area contributed by atoms with Crippen molar-refractivity contribution < 1.29 is 9.79 Å². The van der Waals surface area contributed by atoms with Gasteiger partial charge >= 0.3 is 5.96 Å². The van der Waals surface area contributed by atoms with E-state index in [1.165, 1.54) is 16.9 Å². The Kier molecular flexibility index (Phi) is 3.58. The highest BCUT2D eigenvalue weighted by Crippen LogP contribution is 2.34. The van der Waals surface area contributed by atoms with Crippen LogP contribution in [0.25, 0.3) is 11.3 Å². The minimum absolute atomic E-state index is 0.0804. The number of hydrogen-bond acceptors (Lipinski definition) is 3. The van der Waals surface area contributed by atoms with Crippen molar-refractivity contribution in [1.82, 2.24) is 4.98 Å². The summed E-state index contributed by atoms with van der Waals surface area (Å²) in [6.07, 6.45) is 0.876. The van der Waals surface area contributed by atoms with Gasteiger partial charge in [-0.05, 0) is 37.1 Å². The molecule has 1 aromatic carbocycles. The van der Waals surface area contributed by atoms with Crippen molar-refractivity contribution in [2.75, 3.05) is 11.4 Å². The van der Waals surface area contributed by atoms with Crippen LogP contribution in [0.1, 0.15) is 17.4 Å². The highest BCUT2D eigenvalue weighted by molar-refractivity contribution is 7.15. The third-order valence-corrected chi connectivity index (χ3v) is 4.56. The van der Waals surface area contributed by atoms with Gasteiger partial charge in [0.1, 0.15) is 5.69 Å². The summed E-state index contributed by atoms with van der Waals surface area (Å²) in [6, 6.07) is 6.11. The molecule has 1 aliphatic heterocycles. The maximum absolute atomic E-state index is 11.6. The number of carbonyl (C=O) groups excluding carboxylic acids is 1. The van der Waals surface area contributed by atoms with Gasteiger partial charge in [-0.2, -0.15) is 0 Å². The average molecular weight is 316 g/mol. The first-order chi connectivity index (χ1) is 10.5. The number of hydrogen-bond donors (Lipinski definition) is 3. The van der Waals surface area contributed by atoms with E-state index in [1.54, 1.807) is 6.92 Å². The second-order valence-electron chi connectivity index (χ2n) is 5.27. The predicted molar refractivity (Wildman–Crippen MR) is 88.0 cm³/mol. The Morgan fingerprint density at radius 1 is 1.41 bits per heavy atom. The molecule has 22 heavy (non-hydrogen) atoms. The normalized spacial score (nSPS) is 13.1. The van der Waals surface area contributed by atoms with Crippen LogP contribution in [0.4, 0.5) is 10.8 Å². The third-order valence-electron chi connectivity index (χ3n) is 3.68. The number of carbonyl (C=O) groups is 1. The lowest BCUT2D eigenvalue weighted by molar-refractivity contribution is -0.355. The topological polar surface area (TPSA) is 99.2 Å². The summed E-state index contributed by atoms with van der Waals surface area (Å²) in [6.45, 7) is 4.36. The van der Waals surface area contributed by atoms with Crippen LogP contribution in [0.5, 0.6) is 0 Å². The van der Waals surface area contributed by atoms with Crippen LogP contribution in [0.15, 0.2) is 18.2 Å². The van der Waals surface area contributed by atoms with Gasteiger partial charge in [-0.1, -0.05) is 11.3 Å². The van der Waals surface area contributed by atoms with Gasteiger partial charge in [-0.3, -0.25) is 4.79 Å². The molecule has 0 unspecified atom stereocenters. The number of benzene rings is 1. The summed E-state index contributed by atoms with van der Waals surface area (Å²) in [5.41, 5.74) is 15.0. The molecule has 114 valence electrons. The molecule has 7 heteroatoms. The number of thiazole rings is 1. The molecule has 6 nitrogen and oxygen atoms in total. The lowest BCUT2D eigenvalue weighted by atomic mass is 10.1. The molecule has 0 saturated heterocycles. The molecule has 2 aromatic rings. The van der Waals surface area contributed by atoms with Crippen molar-refractivity contribution in [1.29, 1.82) is 0 Å². The van der Waals surface area contributed by atoms with Gasteiger partial charge < -0.3 is 16.4 Å². The Morgan fingerprint density at radius 3 is 2.86 bits per heavy atom.